The smallest absolute Gasteiger partial charge is 0.416 e. The molecule has 2 N–H and O–H groups in total. The molecule has 0 aromatic heterocycles. The molecule has 2 aromatic carbocycles. The second-order valence-corrected chi connectivity index (χ2v) is 8.47. The lowest BCUT2D eigenvalue weighted by atomic mass is 9.78. The number of ether oxygens (including phenoxy) is 1. The third-order valence-electron chi connectivity index (χ3n) is 5.13. The van der Waals surface area contributed by atoms with Crippen molar-refractivity contribution in [3.8, 4) is 6.07 Å². The quantitative estimate of drug-likeness (QED) is 0.319. The van der Waals surface area contributed by atoms with Gasteiger partial charge in [0.1, 0.15) is 11.7 Å². The van der Waals surface area contributed by atoms with Crippen molar-refractivity contribution in [1.82, 2.24) is 5.32 Å². The van der Waals surface area contributed by atoms with Gasteiger partial charge in [-0.1, -0.05) is 36.0 Å². The Morgan fingerprint density at radius 3 is 2.56 bits per heavy atom. The number of nitriles is 1. The molecule has 0 radical (unpaired) electrons. The largest absolute Gasteiger partial charge is 0.465 e. The molecule has 7 nitrogen and oxygen atoms in total. The van der Waals surface area contributed by atoms with Crippen LogP contribution >= 0.6 is 11.8 Å². The number of hydrogen-bond acceptors (Lipinski definition) is 6. The van der Waals surface area contributed by atoms with Crippen LogP contribution in [0.1, 0.15) is 24.0 Å². The minimum atomic E-state index is -4.59. The number of thioether (sulfide) groups is 1. The van der Waals surface area contributed by atoms with Crippen molar-refractivity contribution >= 4 is 35.2 Å². The first-order valence-corrected chi connectivity index (χ1v) is 11.5. The number of hydrogen-bond donors (Lipinski definition) is 2. The van der Waals surface area contributed by atoms with Crippen molar-refractivity contribution in [2.75, 3.05) is 17.7 Å². The van der Waals surface area contributed by atoms with Crippen molar-refractivity contribution in [2.45, 2.75) is 19.0 Å². The molecular weight excluding hydrogens is 502 g/mol. The number of carbonyl (C=O) groups excluding carboxylic acids is 3. The molecule has 188 valence electrons. The Morgan fingerprint density at radius 1 is 1.19 bits per heavy atom. The molecule has 1 heterocycles. The molecule has 36 heavy (non-hydrogen) atoms. The van der Waals surface area contributed by atoms with Crippen LogP contribution < -0.4 is 10.6 Å². The van der Waals surface area contributed by atoms with Crippen LogP contribution in [0.15, 0.2) is 59.1 Å². The van der Waals surface area contributed by atoms with Crippen molar-refractivity contribution < 1.29 is 36.7 Å². The zero-order valence-corrected chi connectivity index (χ0v) is 19.5. The summed E-state index contributed by atoms with van der Waals surface area (Å²) in [6, 6.07) is 11.3. The molecule has 2 amide bonds. The van der Waals surface area contributed by atoms with Gasteiger partial charge in [-0.25, -0.2) is 4.39 Å². The van der Waals surface area contributed by atoms with Crippen LogP contribution in [0.5, 0.6) is 0 Å². The summed E-state index contributed by atoms with van der Waals surface area (Å²) in [6.07, 6.45) is -4.59. The predicted molar refractivity (Wildman–Crippen MR) is 123 cm³/mol. The van der Waals surface area contributed by atoms with E-state index in [1.807, 2.05) is 6.07 Å². The molecule has 0 saturated heterocycles. The summed E-state index contributed by atoms with van der Waals surface area (Å²) in [5, 5.41) is 14.5. The van der Waals surface area contributed by atoms with Gasteiger partial charge in [-0.05, 0) is 36.8 Å². The Hall–Kier alpha value is -3.85. The molecule has 3 rings (SSSR count). The number of nitrogens with one attached hydrogen (secondary N) is 2. The maximum Gasteiger partial charge on any atom is 0.416 e. The number of alkyl halides is 3. The third-order valence-corrected chi connectivity index (χ3v) is 6.15. The fourth-order valence-corrected chi connectivity index (χ4v) is 4.44. The van der Waals surface area contributed by atoms with E-state index in [0.717, 1.165) is 36.0 Å². The standard InChI is InChI=1S/C24H19F4N3O4S/c1-2-35-23(34)20-19(15-8-3-4-9-17(15)25)16(11-29)22(31-21(20)33)36-12-18(32)30-14-7-5-6-13(10-14)24(26,27)28/h3-10,19-20H,2,12H2,1H3,(H,30,32)(H,31,33). The van der Waals surface area contributed by atoms with Gasteiger partial charge in [-0.2, -0.15) is 18.4 Å². The van der Waals surface area contributed by atoms with E-state index in [0.29, 0.717) is 0 Å². The van der Waals surface area contributed by atoms with E-state index in [9.17, 15) is 37.2 Å². The number of esters is 1. The van der Waals surface area contributed by atoms with Gasteiger partial charge in [0.2, 0.25) is 11.8 Å². The Balaban J connectivity index is 1.88. The van der Waals surface area contributed by atoms with Crippen molar-refractivity contribution in [3.05, 3.63) is 76.1 Å². The summed E-state index contributed by atoms with van der Waals surface area (Å²) in [5.74, 6) is -6.49. The summed E-state index contributed by atoms with van der Waals surface area (Å²) in [5.41, 5.74) is -1.27. The molecule has 1 aliphatic rings. The van der Waals surface area contributed by atoms with Crippen LogP contribution in [0.2, 0.25) is 0 Å². The number of amides is 2. The monoisotopic (exact) mass is 521 g/mol. The summed E-state index contributed by atoms with van der Waals surface area (Å²) >= 11 is 0.719. The Morgan fingerprint density at radius 2 is 1.92 bits per heavy atom. The van der Waals surface area contributed by atoms with Gasteiger partial charge in [-0.3, -0.25) is 14.4 Å². The van der Waals surface area contributed by atoms with E-state index >= 15 is 0 Å². The number of anilines is 1. The Kier molecular flexibility index (Phi) is 8.37. The van der Waals surface area contributed by atoms with Crippen LogP contribution in [-0.4, -0.2) is 30.1 Å². The first-order valence-electron chi connectivity index (χ1n) is 10.5. The topological polar surface area (TPSA) is 108 Å². The third kappa shape index (κ3) is 6.04. The first-order chi connectivity index (χ1) is 17.1. The molecule has 0 bridgehead atoms. The average Bonchev–Trinajstić information content (AvgIpc) is 2.82. The molecule has 0 fully saturated rings. The molecule has 12 heteroatoms. The first kappa shape index (κ1) is 26.7. The van der Waals surface area contributed by atoms with E-state index in [-0.39, 0.29) is 28.5 Å². The van der Waals surface area contributed by atoms with Crippen LogP contribution in [0.25, 0.3) is 0 Å². The maximum absolute atomic E-state index is 14.7. The van der Waals surface area contributed by atoms with Gasteiger partial charge in [0, 0.05) is 11.6 Å². The second-order valence-electron chi connectivity index (χ2n) is 7.49. The van der Waals surface area contributed by atoms with E-state index in [1.165, 1.54) is 31.2 Å². The summed E-state index contributed by atoms with van der Waals surface area (Å²) in [7, 11) is 0. The zero-order valence-electron chi connectivity index (χ0n) is 18.7. The van der Waals surface area contributed by atoms with Crippen LogP contribution in [-0.2, 0) is 25.3 Å². The lowest BCUT2D eigenvalue weighted by molar-refractivity contribution is -0.153. The highest BCUT2D eigenvalue weighted by molar-refractivity contribution is 8.03. The summed E-state index contributed by atoms with van der Waals surface area (Å²) in [6.45, 7) is 1.48. The van der Waals surface area contributed by atoms with Crippen molar-refractivity contribution in [1.29, 1.82) is 5.26 Å². The van der Waals surface area contributed by atoms with Gasteiger partial charge in [-0.15, -0.1) is 0 Å². The van der Waals surface area contributed by atoms with Crippen molar-refractivity contribution in [2.24, 2.45) is 5.92 Å². The molecule has 2 atom stereocenters. The summed E-state index contributed by atoms with van der Waals surface area (Å²) < 4.78 is 58.3. The zero-order chi connectivity index (χ0) is 26.5. The number of nitrogens with zero attached hydrogens (tertiary/aromatic N) is 1. The molecule has 1 aliphatic heterocycles. The number of rotatable bonds is 7. The van der Waals surface area contributed by atoms with Crippen molar-refractivity contribution in [3.63, 3.8) is 0 Å². The van der Waals surface area contributed by atoms with Crippen LogP contribution in [0, 0.1) is 23.1 Å². The Bertz CT molecular complexity index is 1260. The fraction of sp³-hybridized carbons (Fsp3) is 0.250. The van der Waals surface area contributed by atoms with Gasteiger partial charge >= 0.3 is 12.1 Å². The minimum absolute atomic E-state index is 0.0461. The van der Waals surface area contributed by atoms with E-state index < -0.39 is 52.9 Å². The normalized spacial score (nSPS) is 17.7. The highest BCUT2D eigenvalue weighted by Gasteiger charge is 2.45. The number of carbonyl (C=O) groups is 3. The van der Waals surface area contributed by atoms with Gasteiger partial charge in [0.25, 0.3) is 0 Å². The highest BCUT2D eigenvalue weighted by Crippen LogP contribution is 2.41. The van der Waals surface area contributed by atoms with Gasteiger partial charge in [0.05, 0.1) is 34.6 Å². The second kappa shape index (κ2) is 11.3. The van der Waals surface area contributed by atoms with E-state index in [1.54, 1.807) is 0 Å². The fourth-order valence-electron chi connectivity index (χ4n) is 3.60. The van der Waals surface area contributed by atoms with Gasteiger partial charge < -0.3 is 15.4 Å². The molecule has 0 spiro atoms. The SMILES string of the molecule is CCOC(=O)C1C(=O)NC(SCC(=O)Nc2cccc(C(F)(F)F)c2)=C(C#N)C1c1ccccc1F. The van der Waals surface area contributed by atoms with Gasteiger partial charge in [0.15, 0.2) is 0 Å². The minimum Gasteiger partial charge on any atom is -0.465 e. The number of benzene rings is 2. The lowest BCUT2D eigenvalue weighted by Gasteiger charge is -2.31. The molecule has 2 unspecified atom stereocenters. The Labute approximate surface area is 207 Å². The maximum atomic E-state index is 14.7. The highest BCUT2D eigenvalue weighted by atomic mass is 32.2. The number of halogens is 4. The van der Waals surface area contributed by atoms with Crippen LogP contribution in [0.4, 0.5) is 23.2 Å². The lowest BCUT2D eigenvalue weighted by Crippen LogP contribution is -2.44. The van der Waals surface area contributed by atoms with E-state index in [2.05, 4.69) is 10.6 Å². The molecule has 2 aromatic rings. The molecular formula is C24H19F4N3O4S. The summed E-state index contributed by atoms with van der Waals surface area (Å²) in [4.78, 5) is 37.8. The predicted octanol–water partition coefficient (Wildman–Crippen LogP) is 4.34. The molecule has 0 saturated carbocycles. The average molecular weight is 521 g/mol. The van der Waals surface area contributed by atoms with E-state index in [4.69, 9.17) is 4.74 Å². The number of allylic oxidation sites excluding steroid dienone is 1. The van der Waals surface area contributed by atoms with Crippen LogP contribution in [0.3, 0.4) is 0 Å². The molecule has 0 aliphatic carbocycles.